The van der Waals surface area contributed by atoms with Crippen molar-refractivity contribution in [2.75, 3.05) is 6.54 Å². The van der Waals surface area contributed by atoms with Gasteiger partial charge in [0.1, 0.15) is 0 Å². The Labute approximate surface area is 119 Å². The SMILES string of the molecule is CC(C)n1cc(S(=O)(=O)NCC(F)(F)C(F)F)cc1CO. The summed E-state index contributed by atoms with van der Waals surface area (Å²) in [5, 5.41) is 9.12. The number of nitrogens with one attached hydrogen (secondary N) is 1. The molecule has 10 heteroatoms. The number of hydrogen-bond acceptors (Lipinski definition) is 3. The van der Waals surface area contributed by atoms with E-state index >= 15 is 0 Å². The zero-order valence-corrected chi connectivity index (χ0v) is 12.2. The molecule has 0 aliphatic heterocycles. The quantitative estimate of drug-likeness (QED) is 0.747. The minimum absolute atomic E-state index is 0.168. The highest BCUT2D eigenvalue weighted by molar-refractivity contribution is 7.89. The van der Waals surface area contributed by atoms with Crippen LogP contribution in [0.3, 0.4) is 0 Å². The fourth-order valence-electron chi connectivity index (χ4n) is 1.60. The van der Waals surface area contributed by atoms with Crippen molar-refractivity contribution in [1.29, 1.82) is 0 Å². The Bertz CT molecular complexity index is 584. The van der Waals surface area contributed by atoms with Crippen molar-refractivity contribution in [2.45, 2.75) is 43.7 Å². The van der Waals surface area contributed by atoms with E-state index in [9.17, 15) is 26.0 Å². The molecule has 21 heavy (non-hydrogen) atoms. The van der Waals surface area contributed by atoms with Gasteiger partial charge in [0.25, 0.3) is 0 Å². The molecule has 5 nitrogen and oxygen atoms in total. The maximum Gasteiger partial charge on any atom is 0.320 e. The van der Waals surface area contributed by atoms with Crippen molar-refractivity contribution in [2.24, 2.45) is 0 Å². The maximum atomic E-state index is 12.7. The molecular weight excluding hydrogens is 316 g/mol. The Balaban J connectivity index is 2.99. The minimum atomic E-state index is -4.45. The van der Waals surface area contributed by atoms with Gasteiger partial charge in [0.05, 0.1) is 18.0 Å². The van der Waals surface area contributed by atoms with Gasteiger partial charge in [0.2, 0.25) is 10.0 Å². The zero-order valence-electron chi connectivity index (χ0n) is 11.4. The monoisotopic (exact) mass is 332 g/mol. The molecule has 1 aromatic rings. The van der Waals surface area contributed by atoms with Crippen molar-refractivity contribution in [3.05, 3.63) is 18.0 Å². The Hall–Kier alpha value is -1.13. The maximum absolute atomic E-state index is 12.7. The highest BCUT2D eigenvalue weighted by Gasteiger charge is 2.41. The van der Waals surface area contributed by atoms with Gasteiger partial charge in [-0.2, -0.15) is 8.78 Å². The van der Waals surface area contributed by atoms with Crippen LogP contribution in [0.5, 0.6) is 0 Å². The summed E-state index contributed by atoms with van der Waals surface area (Å²) in [5.41, 5.74) is 0.269. The van der Waals surface area contributed by atoms with Crippen molar-refractivity contribution < 1.29 is 31.1 Å². The van der Waals surface area contributed by atoms with E-state index in [2.05, 4.69) is 0 Å². The minimum Gasteiger partial charge on any atom is -0.390 e. The first kappa shape index (κ1) is 17.9. The molecular formula is C11H16F4N2O3S. The molecule has 0 unspecified atom stereocenters. The molecule has 1 heterocycles. The molecule has 0 amide bonds. The molecule has 0 saturated carbocycles. The number of aliphatic hydroxyl groups is 1. The van der Waals surface area contributed by atoms with Crippen molar-refractivity contribution in [1.82, 2.24) is 9.29 Å². The zero-order chi connectivity index (χ0) is 16.4. The van der Waals surface area contributed by atoms with E-state index in [4.69, 9.17) is 5.11 Å². The number of rotatable bonds is 7. The highest BCUT2D eigenvalue weighted by Crippen LogP contribution is 2.23. The van der Waals surface area contributed by atoms with Gasteiger partial charge in [-0.15, -0.1) is 0 Å². The summed E-state index contributed by atoms with van der Waals surface area (Å²) >= 11 is 0. The van der Waals surface area contributed by atoms with Gasteiger partial charge in [-0.3, -0.25) is 0 Å². The van der Waals surface area contributed by atoms with Crippen LogP contribution in [-0.4, -0.2) is 37.0 Å². The van der Waals surface area contributed by atoms with Crippen LogP contribution in [0, 0.1) is 0 Å². The van der Waals surface area contributed by atoms with E-state index in [-0.39, 0.29) is 16.6 Å². The second-order valence-corrected chi connectivity index (χ2v) is 6.48. The van der Waals surface area contributed by atoms with Gasteiger partial charge in [-0.25, -0.2) is 21.9 Å². The largest absolute Gasteiger partial charge is 0.390 e. The second kappa shape index (κ2) is 6.32. The van der Waals surface area contributed by atoms with Crippen molar-refractivity contribution >= 4 is 10.0 Å². The number of halogens is 4. The number of hydrogen-bond donors (Lipinski definition) is 2. The lowest BCUT2D eigenvalue weighted by Gasteiger charge is -2.15. The molecule has 0 fully saturated rings. The van der Waals surface area contributed by atoms with Crippen LogP contribution in [0.2, 0.25) is 0 Å². The summed E-state index contributed by atoms with van der Waals surface area (Å²) in [6.07, 6.45) is -2.81. The lowest BCUT2D eigenvalue weighted by molar-refractivity contribution is -0.122. The molecule has 0 spiro atoms. The van der Waals surface area contributed by atoms with Crippen LogP contribution >= 0.6 is 0 Å². The average Bonchev–Trinajstić information content (AvgIpc) is 2.81. The van der Waals surface area contributed by atoms with E-state index in [1.165, 1.54) is 9.29 Å². The number of alkyl halides is 4. The summed E-state index contributed by atoms with van der Waals surface area (Å²) < 4.78 is 76.0. The van der Waals surface area contributed by atoms with Gasteiger partial charge in [-0.05, 0) is 19.9 Å². The van der Waals surface area contributed by atoms with Crippen LogP contribution in [0.25, 0.3) is 0 Å². The van der Waals surface area contributed by atoms with Crippen molar-refractivity contribution in [3.63, 3.8) is 0 Å². The van der Waals surface area contributed by atoms with Crippen LogP contribution in [0.15, 0.2) is 17.2 Å². The summed E-state index contributed by atoms with van der Waals surface area (Å²) in [6.45, 7) is 1.32. The Morgan fingerprint density at radius 3 is 2.33 bits per heavy atom. The Kier molecular flexibility index (Phi) is 5.40. The second-order valence-electron chi connectivity index (χ2n) is 4.71. The molecule has 0 radical (unpaired) electrons. The first-order valence-electron chi connectivity index (χ1n) is 5.98. The summed E-state index contributed by atoms with van der Waals surface area (Å²) in [4.78, 5) is -0.370. The van der Waals surface area contributed by atoms with Crippen LogP contribution in [-0.2, 0) is 16.6 Å². The van der Waals surface area contributed by atoms with Gasteiger partial charge < -0.3 is 9.67 Å². The van der Waals surface area contributed by atoms with Crippen LogP contribution in [0.4, 0.5) is 17.6 Å². The molecule has 1 rings (SSSR count). The topological polar surface area (TPSA) is 71.3 Å². The van der Waals surface area contributed by atoms with E-state index in [1.807, 2.05) is 0 Å². The summed E-state index contributed by atoms with van der Waals surface area (Å²) in [7, 11) is -4.37. The fourth-order valence-corrected chi connectivity index (χ4v) is 2.70. The predicted octanol–water partition coefficient (Wildman–Crippen LogP) is 1.74. The first-order chi connectivity index (χ1) is 9.51. The molecule has 0 saturated heterocycles. The van der Waals surface area contributed by atoms with E-state index < -0.39 is 35.5 Å². The first-order valence-corrected chi connectivity index (χ1v) is 7.47. The van der Waals surface area contributed by atoms with Gasteiger partial charge in [0, 0.05) is 17.9 Å². The molecule has 0 bridgehead atoms. The third-order valence-corrected chi connectivity index (χ3v) is 4.12. The Morgan fingerprint density at radius 1 is 1.38 bits per heavy atom. The summed E-state index contributed by atoms with van der Waals surface area (Å²) in [5.74, 6) is -4.45. The summed E-state index contributed by atoms with van der Waals surface area (Å²) in [6, 6.07) is 0.932. The van der Waals surface area contributed by atoms with Gasteiger partial charge >= 0.3 is 12.3 Å². The molecule has 0 aliphatic rings. The molecule has 0 aliphatic carbocycles. The number of aliphatic hydroxyl groups excluding tert-OH is 1. The Morgan fingerprint density at radius 2 is 1.95 bits per heavy atom. The average molecular weight is 332 g/mol. The van der Waals surface area contributed by atoms with Crippen LogP contribution < -0.4 is 4.72 Å². The number of aromatic nitrogens is 1. The van der Waals surface area contributed by atoms with Gasteiger partial charge in [0.15, 0.2) is 0 Å². The highest BCUT2D eigenvalue weighted by atomic mass is 32.2. The molecule has 0 aromatic carbocycles. The van der Waals surface area contributed by atoms with E-state index in [1.54, 1.807) is 13.8 Å². The molecule has 122 valence electrons. The lowest BCUT2D eigenvalue weighted by Crippen LogP contribution is -2.41. The standard InChI is InChI=1S/C11H16F4N2O3S/c1-7(2)17-4-9(3-8(17)5-18)21(19,20)16-6-11(14,15)10(12)13/h3-4,7,10,16,18H,5-6H2,1-2H3. The van der Waals surface area contributed by atoms with E-state index in [0.29, 0.717) is 0 Å². The smallest absolute Gasteiger partial charge is 0.320 e. The number of nitrogens with zero attached hydrogens (tertiary/aromatic N) is 1. The molecule has 0 atom stereocenters. The predicted molar refractivity (Wildman–Crippen MR) is 66.9 cm³/mol. The number of sulfonamides is 1. The van der Waals surface area contributed by atoms with Crippen molar-refractivity contribution in [3.8, 4) is 0 Å². The fraction of sp³-hybridized carbons (Fsp3) is 0.636. The third kappa shape index (κ3) is 4.17. The third-order valence-electron chi connectivity index (χ3n) is 2.75. The normalized spacial score (nSPS) is 13.4. The molecule has 2 N–H and O–H groups in total. The van der Waals surface area contributed by atoms with E-state index in [0.717, 1.165) is 12.3 Å². The van der Waals surface area contributed by atoms with Crippen LogP contribution in [0.1, 0.15) is 25.6 Å². The van der Waals surface area contributed by atoms with Gasteiger partial charge in [-0.1, -0.05) is 0 Å². The lowest BCUT2D eigenvalue weighted by atomic mass is 10.3. The molecule has 1 aromatic heterocycles.